The number of piperidine rings is 2. The molecule has 20 heavy (non-hydrogen) atoms. The SMILES string of the molecule is CCCN(CC)CCN1C2CCCC1CC(NCC)C2. The minimum atomic E-state index is 0.782. The van der Waals surface area contributed by atoms with E-state index in [2.05, 4.69) is 35.9 Å². The third kappa shape index (κ3) is 4.19. The van der Waals surface area contributed by atoms with Crippen LogP contribution in [0.3, 0.4) is 0 Å². The number of nitrogens with zero attached hydrogens (tertiary/aromatic N) is 2. The zero-order valence-electron chi connectivity index (χ0n) is 13.9. The highest BCUT2D eigenvalue weighted by Gasteiger charge is 2.37. The lowest BCUT2D eigenvalue weighted by Crippen LogP contribution is -2.57. The monoisotopic (exact) mass is 281 g/mol. The Kier molecular flexibility index (Phi) is 6.79. The van der Waals surface area contributed by atoms with Gasteiger partial charge >= 0.3 is 0 Å². The van der Waals surface area contributed by atoms with Crippen molar-refractivity contribution < 1.29 is 0 Å². The largest absolute Gasteiger partial charge is 0.314 e. The van der Waals surface area contributed by atoms with Gasteiger partial charge in [-0.2, -0.15) is 0 Å². The van der Waals surface area contributed by atoms with Crippen molar-refractivity contribution in [3.63, 3.8) is 0 Å². The van der Waals surface area contributed by atoms with E-state index < -0.39 is 0 Å². The fourth-order valence-electron chi connectivity index (χ4n) is 4.30. The van der Waals surface area contributed by atoms with Gasteiger partial charge < -0.3 is 10.2 Å². The lowest BCUT2D eigenvalue weighted by molar-refractivity contribution is 0.0179. The Morgan fingerprint density at radius 2 is 1.75 bits per heavy atom. The number of fused-ring (bicyclic) bond motifs is 2. The first-order valence-electron chi connectivity index (χ1n) is 8.99. The van der Waals surface area contributed by atoms with E-state index in [1.165, 1.54) is 64.7 Å². The molecular formula is C17H35N3. The predicted molar refractivity (Wildman–Crippen MR) is 87.2 cm³/mol. The second kappa shape index (κ2) is 8.35. The minimum Gasteiger partial charge on any atom is -0.314 e. The van der Waals surface area contributed by atoms with E-state index in [1.54, 1.807) is 0 Å². The van der Waals surface area contributed by atoms with Crippen LogP contribution in [0.5, 0.6) is 0 Å². The van der Waals surface area contributed by atoms with Gasteiger partial charge in [-0.3, -0.25) is 4.90 Å². The van der Waals surface area contributed by atoms with Gasteiger partial charge in [0.25, 0.3) is 0 Å². The van der Waals surface area contributed by atoms with Gasteiger partial charge in [-0.1, -0.05) is 27.2 Å². The Morgan fingerprint density at radius 3 is 2.30 bits per heavy atom. The summed E-state index contributed by atoms with van der Waals surface area (Å²) in [4.78, 5) is 5.47. The van der Waals surface area contributed by atoms with Crippen LogP contribution in [0.2, 0.25) is 0 Å². The maximum atomic E-state index is 3.69. The molecular weight excluding hydrogens is 246 g/mol. The van der Waals surface area contributed by atoms with Crippen LogP contribution in [0.25, 0.3) is 0 Å². The highest BCUT2D eigenvalue weighted by molar-refractivity contribution is 4.95. The van der Waals surface area contributed by atoms with Crippen LogP contribution in [0, 0.1) is 0 Å². The van der Waals surface area contributed by atoms with Gasteiger partial charge in [0, 0.05) is 31.2 Å². The van der Waals surface area contributed by atoms with Crippen LogP contribution in [0.1, 0.15) is 59.3 Å². The molecule has 2 unspecified atom stereocenters. The highest BCUT2D eigenvalue weighted by atomic mass is 15.2. The smallest absolute Gasteiger partial charge is 0.0115 e. The Balaban J connectivity index is 1.85. The molecule has 0 aliphatic carbocycles. The first-order chi connectivity index (χ1) is 9.78. The summed E-state index contributed by atoms with van der Waals surface area (Å²) in [7, 11) is 0. The van der Waals surface area contributed by atoms with Crippen LogP contribution in [-0.4, -0.2) is 60.6 Å². The van der Waals surface area contributed by atoms with Gasteiger partial charge in [-0.15, -0.1) is 0 Å². The van der Waals surface area contributed by atoms with Crippen molar-refractivity contribution in [2.45, 2.75) is 77.4 Å². The summed E-state index contributed by atoms with van der Waals surface area (Å²) in [6.07, 6.45) is 8.35. The molecule has 0 saturated carbocycles. The van der Waals surface area contributed by atoms with Gasteiger partial charge in [0.2, 0.25) is 0 Å². The van der Waals surface area contributed by atoms with Crippen molar-refractivity contribution in [1.82, 2.24) is 15.1 Å². The predicted octanol–water partition coefficient (Wildman–Crippen LogP) is 2.71. The lowest BCUT2D eigenvalue weighted by Gasteiger charge is -2.49. The van der Waals surface area contributed by atoms with Crippen LogP contribution in [0.4, 0.5) is 0 Å². The fourth-order valence-corrected chi connectivity index (χ4v) is 4.30. The molecule has 3 heteroatoms. The van der Waals surface area contributed by atoms with E-state index in [0.717, 1.165) is 24.7 Å². The van der Waals surface area contributed by atoms with Gasteiger partial charge in [0.1, 0.15) is 0 Å². The van der Waals surface area contributed by atoms with E-state index in [9.17, 15) is 0 Å². The quantitative estimate of drug-likeness (QED) is 0.738. The topological polar surface area (TPSA) is 18.5 Å². The van der Waals surface area contributed by atoms with E-state index in [-0.39, 0.29) is 0 Å². The Bertz CT molecular complexity index is 255. The molecule has 2 heterocycles. The first kappa shape index (κ1) is 16.3. The number of hydrogen-bond donors (Lipinski definition) is 1. The third-order valence-corrected chi connectivity index (χ3v) is 5.28. The van der Waals surface area contributed by atoms with Crippen LogP contribution in [-0.2, 0) is 0 Å². The zero-order chi connectivity index (χ0) is 14.4. The second-order valence-electron chi connectivity index (χ2n) is 6.64. The molecule has 0 aromatic carbocycles. The van der Waals surface area contributed by atoms with Gasteiger partial charge in [-0.05, 0) is 51.7 Å². The normalized spacial score (nSPS) is 30.9. The molecule has 2 aliphatic rings. The van der Waals surface area contributed by atoms with Crippen molar-refractivity contribution >= 4 is 0 Å². The molecule has 0 spiro atoms. The standard InChI is InChI=1S/C17H35N3/c1-4-10-19(6-3)11-12-20-16-8-7-9-17(20)14-15(13-16)18-5-2/h15-18H,4-14H2,1-3H3. The summed E-state index contributed by atoms with van der Waals surface area (Å²) in [5, 5.41) is 3.69. The van der Waals surface area contributed by atoms with Crippen LogP contribution < -0.4 is 5.32 Å². The summed E-state index contributed by atoms with van der Waals surface area (Å²) in [6.45, 7) is 13.0. The van der Waals surface area contributed by atoms with Crippen LogP contribution in [0.15, 0.2) is 0 Å². The molecule has 0 radical (unpaired) electrons. The highest BCUT2D eigenvalue weighted by Crippen LogP contribution is 2.33. The number of likely N-dealkylation sites (N-methyl/N-ethyl adjacent to an activating group) is 1. The van der Waals surface area contributed by atoms with Crippen molar-refractivity contribution in [3.05, 3.63) is 0 Å². The summed E-state index contributed by atoms with van der Waals surface area (Å²) in [6, 6.07) is 2.49. The molecule has 118 valence electrons. The molecule has 0 amide bonds. The summed E-state index contributed by atoms with van der Waals surface area (Å²) in [5.74, 6) is 0. The zero-order valence-corrected chi connectivity index (χ0v) is 13.9. The van der Waals surface area contributed by atoms with Crippen LogP contribution >= 0.6 is 0 Å². The molecule has 2 aliphatic heterocycles. The average Bonchev–Trinajstić information content (AvgIpc) is 2.43. The molecule has 2 saturated heterocycles. The molecule has 0 aromatic heterocycles. The molecule has 3 nitrogen and oxygen atoms in total. The molecule has 1 N–H and O–H groups in total. The molecule has 0 aromatic rings. The summed E-state index contributed by atoms with van der Waals surface area (Å²) < 4.78 is 0. The maximum absolute atomic E-state index is 3.69. The summed E-state index contributed by atoms with van der Waals surface area (Å²) >= 11 is 0. The second-order valence-corrected chi connectivity index (χ2v) is 6.64. The Labute approximate surface area is 126 Å². The number of rotatable bonds is 8. The fraction of sp³-hybridized carbons (Fsp3) is 1.00. The molecule has 2 atom stereocenters. The van der Waals surface area contributed by atoms with E-state index in [4.69, 9.17) is 0 Å². The average molecular weight is 281 g/mol. The molecule has 2 fully saturated rings. The third-order valence-electron chi connectivity index (χ3n) is 5.28. The van der Waals surface area contributed by atoms with Gasteiger partial charge in [-0.25, -0.2) is 0 Å². The lowest BCUT2D eigenvalue weighted by atomic mass is 9.81. The number of nitrogens with one attached hydrogen (secondary N) is 1. The van der Waals surface area contributed by atoms with Gasteiger partial charge in [0.15, 0.2) is 0 Å². The molecule has 2 bridgehead atoms. The van der Waals surface area contributed by atoms with E-state index in [1.807, 2.05) is 0 Å². The van der Waals surface area contributed by atoms with Crippen molar-refractivity contribution in [2.24, 2.45) is 0 Å². The van der Waals surface area contributed by atoms with Gasteiger partial charge in [0.05, 0.1) is 0 Å². The number of hydrogen-bond acceptors (Lipinski definition) is 3. The minimum absolute atomic E-state index is 0.782. The maximum Gasteiger partial charge on any atom is 0.0115 e. The van der Waals surface area contributed by atoms with Crippen molar-refractivity contribution in [2.75, 3.05) is 32.7 Å². The Hall–Kier alpha value is -0.120. The Morgan fingerprint density at radius 1 is 1.05 bits per heavy atom. The summed E-state index contributed by atoms with van der Waals surface area (Å²) in [5.41, 5.74) is 0. The van der Waals surface area contributed by atoms with E-state index >= 15 is 0 Å². The van der Waals surface area contributed by atoms with Crippen molar-refractivity contribution in [1.29, 1.82) is 0 Å². The van der Waals surface area contributed by atoms with E-state index in [0.29, 0.717) is 0 Å². The molecule has 2 rings (SSSR count). The first-order valence-corrected chi connectivity index (χ1v) is 8.99. The van der Waals surface area contributed by atoms with Crippen molar-refractivity contribution in [3.8, 4) is 0 Å².